The first-order chi connectivity index (χ1) is 14.1. The topological polar surface area (TPSA) is 180 Å². The first-order valence-electron chi connectivity index (χ1n) is 10.0. The molecule has 0 fully saturated rings. The molecular weight excluding hydrogens is 423 g/mol. The van der Waals surface area contributed by atoms with Crippen LogP contribution in [0.4, 0.5) is 0 Å². The van der Waals surface area contributed by atoms with Crippen molar-refractivity contribution in [2.45, 2.75) is 89.6 Å². The van der Waals surface area contributed by atoms with E-state index < -0.39 is 49.8 Å². The average molecular weight is 454 g/mol. The van der Waals surface area contributed by atoms with Gasteiger partial charge in [0.05, 0.1) is 0 Å². The van der Waals surface area contributed by atoms with Crippen LogP contribution in [0.3, 0.4) is 0 Å². The molecule has 1 heterocycles. The van der Waals surface area contributed by atoms with Gasteiger partial charge in [-0.1, -0.05) is 58.3 Å². The van der Waals surface area contributed by atoms with E-state index in [1.807, 2.05) is 0 Å². The smallest absolute Gasteiger partial charge is 0.505 e. The van der Waals surface area contributed by atoms with Crippen molar-refractivity contribution in [1.29, 1.82) is 0 Å². The van der Waals surface area contributed by atoms with Gasteiger partial charge in [0, 0.05) is 6.42 Å². The van der Waals surface area contributed by atoms with E-state index in [1.165, 1.54) is 25.7 Å². The van der Waals surface area contributed by atoms with Crippen molar-refractivity contribution in [3.8, 4) is 0 Å². The van der Waals surface area contributed by atoms with Crippen molar-refractivity contribution >= 4 is 19.8 Å². The van der Waals surface area contributed by atoms with Crippen LogP contribution in [0.5, 0.6) is 0 Å². The van der Waals surface area contributed by atoms with Crippen LogP contribution in [0.1, 0.15) is 71.1 Å². The molecule has 1 aliphatic heterocycles. The van der Waals surface area contributed by atoms with Crippen LogP contribution in [0.15, 0.2) is 11.5 Å². The SMILES string of the molecule is CCCCCCCCCCCC(=O)OC(O)[C@H](O)[C@H]1OC(=O)C(OP(=O)(O)O)=C1O. The summed E-state index contributed by atoms with van der Waals surface area (Å²) in [5, 5.41) is 29.5. The monoisotopic (exact) mass is 454 g/mol. The van der Waals surface area contributed by atoms with Gasteiger partial charge in [0.15, 0.2) is 18.0 Å². The van der Waals surface area contributed by atoms with E-state index in [9.17, 15) is 29.5 Å². The number of hydrogen-bond acceptors (Lipinski definition) is 9. The first kappa shape index (κ1) is 26.4. The highest BCUT2D eigenvalue weighted by Crippen LogP contribution is 2.42. The van der Waals surface area contributed by atoms with Crippen LogP contribution < -0.4 is 0 Å². The van der Waals surface area contributed by atoms with Gasteiger partial charge >= 0.3 is 19.8 Å². The molecule has 0 radical (unpaired) electrons. The minimum Gasteiger partial charge on any atom is -0.505 e. The molecule has 0 aromatic rings. The van der Waals surface area contributed by atoms with Crippen LogP contribution in [0.2, 0.25) is 0 Å². The van der Waals surface area contributed by atoms with Gasteiger partial charge < -0.3 is 29.3 Å². The molecule has 0 spiro atoms. The Labute approximate surface area is 174 Å². The number of esters is 2. The summed E-state index contributed by atoms with van der Waals surface area (Å²) in [4.78, 5) is 40.7. The van der Waals surface area contributed by atoms with Gasteiger partial charge in [-0.05, 0) is 6.42 Å². The second-order valence-electron chi connectivity index (χ2n) is 7.07. The summed E-state index contributed by atoms with van der Waals surface area (Å²) >= 11 is 0. The van der Waals surface area contributed by atoms with E-state index >= 15 is 0 Å². The summed E-state index contributed by atoms with van der Waals surface area (Å²) in [5.41, 5.74) is 0. The molecule has 3 atom stereocenters. The number of hydrogen-bond donors (Lipinski definition) is 5. The molecule has 5 N–H and O–H groups in total. The van der Waals surface area contributed by atoms with Gasteiger partial charge in [-0.25, -0.2) is 9.36 Å². The maximum absolute atomic E-state index is 11.8. The number of carbonyl (C=O) groups is 2. The Morgan fingerprint density at radius 1 is 1.07 bits per heavy atom. The maximum Gasteiger partial charge on any atom is 0.525 e. The van der Waals surface area contributed by atoms with E-state index in [2.05, 4.69) is 20.9 Å². The number of phosphoric ester groups is 1. The molecule has 174 valence electrons. The highest BCUT2D eigenvalue weighted by molar-refractivity contribution is 7.46. The second kappa shape index (κ2) is 12.9. The molecule has 1 unspecified atom stereocenters. The molecule has 0 saturated heterocycles. The number of phosphoric acid groups is 1. The highest BCUT2D eigenvalue weighted by atomic mass is 31.2. The summed E-state index contributed by atoms with van der Waals surface area (Å²) in [6.45, 7) is 2.16. The fraction of sp³-hybridized carbons (Fsp3) is 0.778. The fourth-order valence-corrected chi connectivity index (χ4v) is 3.29. The van der Waals surface area contributed by atoms with Crippen molar-refractivity contribution in [3.63, 3.8) is 0 Å². The third-order valence-corrected chi connectivity index (χ3v) is 4.89. The molecule has 30 heavy (non-hydrogen) atoms. The van der Waals surface area contributed by atoms with Gasteiger partial charge in [0.1, 0.15) is 0 Å². The molecule has 0 aromatic heterocycles. The molecule has 1 aliphatic rings. The van der Waals surface area contributed by atoms with Gasteiger partial charge in [0.25, 0.3) is 5.76 Å². The summed E-state index contributed by atoms with van der Waals surface area (Å²) in [6, 6.07) is 0. The lowest BCUT2D eigenvalue weighted by atomic mass is 10.1. The quantitative estimate of drug-likeness (QED) is 0.106. The molecule has 0 amide bonds. The summed E-state index contributed by atoms with van der Waals surface area (Å²) in [5.74, 6) is -4.57. The predicted octanol–water partition coefficient (Wildman–Crippen LogP) is 1.93. The first-order valence-corrected chi connectivity index (χ1v) is 11.5. The second-order valence-corrected chi connectivity index (χ2v) is 8.24. The molecule has 0 aromatic carbocycles. The average Bonchev–Trinajstić information content (AvgIpc) is 2.92. The lowest BCUT2D eigenvalue weighted by Gasteiger charge is -2.22. The lowest BCUT2D eigenvalue weighted by molar-refractivity contribution is -0.200. The van der Waals surface area contributed by atoms with Gasteiger partial charge in [-0.2, -0.15) is 0 Å². The van der Waals surface area contributed by atoms with Crippen LogP contribution in [0.25, 0.3) is 0 Å². The van der Waals surface area contributed by atoms with Crippen LogP contribution in [-0.4, -0.2) is 55.5 Å². The van der Waals surface area contributed by atoms with Crippen molar-refractivity contribution in [2.75, 3.05) is 0 Å². The van der Waals surface area contributed by atoms with Crippen LogP contribution >= 0.6 is 7.82 Å². The minimum atomic E-state index is -5.17. The van der Waals surface area contributed by atoms with Crippen LogP contribution in [0, 0.1) is 0 Å². The van der Waals surface area contributed by atoms with Crippen molar-refractivity contribution in [2.24, 2.45) is 0 Å². The maximum atomic E-state index is 11.8. The zero-order chi connectivity index (χ0) is 22.7. The Bertz CT molecular complexity index is 642. The van der Waals surface area contributed by atoms with Gasteiger partial charge in [-0.3, -0.25) is 14.6 Å². The molecular formula is C18H31O11P. The van der Waals surface area contributed by atoms with Crippen molar-refractivity contribution in [3.05, 3.63) is 11.5 Å². The van der Waals surface area contributed by atoms with E-state index in [0.29, 0.717) is 6.42 Å². The number of ether oxygens (including phenoxy) is 2. The van der Waals surface area contributed by atoms with Crippen molar-refractivity contribution in [1.82, 2.24) is 0 Å². The Morgan fingerprint density at radius 3 is 2.13 bits per heavy atom. The number of aliphatic hydroxyl groups is 3. The molecule has 1 rings (SSSR count). The Kier molecular flexibility index (Phi) is 11.4. The highest BCUT2D eigenvalue weighted by Gasteiger charge is 2.46. The molecule has 12 heteroatoms. The number of unbranched alkanes of at least 4 members (excludes halogenated alkanes) is 8. The van der Waals surface area contributed by atoms with E-state index in [4.69, 9.17) is 9.79 Å². The zero-order valence-electron chi connectivity index (χ0n) is 16.9. The van der Waals surface area contributed by atoms with E-state index in [1.54, 1.807) is 0 Å². The predicted molar refractivity (Wildman–Crippen MR) is 103 cm³/mol. The number of rotatable bonds is 15. The Hall–Kier alpha value is -1.65. The summed E-state index contributed by atoms with van der Waals surface area (Å²) in [6.07, 6.45) is 3.33. The largest absolute Gasteiger partial charge is 0.525 e. The molecule has 11 nitrogen and oxygen atoms in total. The number of cyclic esters (lactones) is 1. The Balaban J connectivity index is 2.35. The van der Waals surface area contributed by atoms with Crippen LogP contribution in [-0.2, 0) is 28.2 Å². The fourth-order valence-electron chi connectivity index (χ4n) is 2.89. The summed E-state index contributed by atoms with van der Waals surface area (Å²) in [7, 11) is -5.17. The zero-order valence-corrected chi connectivity index (χ0v) is 17.8. The molecule has 0 bridgehead atoms. The Morgan fingerprint density at radius 2 is 1.60 bits per heavy atom. The normalized spacial score (nSPS) is 18.8. The third kappa shape index (κ3) is 9.44. The van der Waals surface area contributed by atoms with Gasteiger partial charge in [-0.15, -0.1) is 0 Å². The standard InChI is InChI=1S/C18H31O11P/c1-2-3-4-5-6-7-8-9-10-11-12(19)27-17(22)14(21)15-13(20)16(18(23)28-15)29-30(24,25)26/h14-15,17,20-22H,2-11H2,1H3,(H2,24,25,26)/t14-,15+,17?/m1/s1. The lowest BCUT2D eigenvalue weighted by Crippen LogP contribution is -2.41. The third-order valence-electron chi connectivity index (χ3n) is 4.47. The molecule has 0 saturated carbocycles. The van der Waals surface area contributed by atoms with Crippen molar-refractivity contribution < 1.29 is 53.3 Å². The molecule has 0 aliphatic carbocycles. The number of carbonyl (C=O) groups excluding carboxylic acids is 2. The van der Waals surface area contributed by atoms with E-state index in [0.717, 1.165) is 25.7 Å². The minimum absolute atomic E-state index is 0.0124. The summed E-state index contributed by atoms with van der Waals surface area (Å²) < 4.78 is 24.0. The number of aliphatic hydroxyl groups excluding tert-OH is 3. The van der Waals surface area contributed by atoms with E-state index in [-0.39, 0.29) is 6.42 Å². The van der Waals surface area contributed by atoms with Gasteiger partial charge in [0.2, 0.25) is 6.29 Å².